The molecule has 1 aliphatic rings. The molecule has 0 aromatic heterocycles. The summed E-state index contributed by atoms with van der Waals surface area (Å²) < 4.78 is 49.7. The minimum Gasteiger partial charge on any atom is -0.427 e. The van der Waals surface area contributed by atoms with E-state index in [4.69, 9.17) is 4.74 Å². The number of nitriles is 2. The maximum absolute atomic E-state index is 15.3. The van der Waals surface area contributed by atoms with Gasteiger partial charge in [0, 0.05) is 18.4 Å². The van der Waals surface area contributed by atoms with Crippen LogP contribution in [0.5, 0.6) is 5.75 Å². The highest BCUT2D eigenvalue weighted by Crippen LogP contribution is 2.58. The van der Waals surface area contributed by atoms with Crippen LogP contribution in [0.4, 0.5) is 10.1 Å². The van der Waals surface area contributed by atoms with Gasteiger partial charge in [-0.25, -0.2) is 12.8 Å². The standard InChI is InChI=1S/C28H22FN3O4S/c1-4-23-26-24(29)6-5-7-25(26)32(37(34,35)22-14-8-18(2)9-15-22)27(28(23,16-30)17-31)20-10-12-21(13-11-20)36-19(3)33/h4-15,23,27H,1H2,2-3H3/t23-,27-/m1/s1. The van der Waals surface area contributed by atoms with E-state index in [0.717, 1.165) is 15.9 Å². The van der Waals surface area contributed by atoms with E-state index in [1.165, 1.54) is 61.5 Å². The van der Waals surface area contributed by atoms with Crippen molar-refractivity contribution >= 4 is 21.7 Å². The Morgan fingerprint density at radius 2 is 1.70 bits per heavy atom. The van der Waals surface area contributed by atoms with Gasteiger partial charge in [-0.3, -0.25) is 9.10 Å². The number of sulfonamides is 1. The maximum atomic E-state index is 15.3. The largest absolute Gasteiger partial charge is 0.427 e. The minimum absolute atomic E-state index is 0.000613. The highest BCUT2D eigenvalue weighted by atomic mass is 32.2. The summed E-state index contributed by atoms with van der Waals surface area (Å²) in [6.45, 7) is 6.79. The van der Waals surface area contributed by atoms with Crippen molar-refractivity contribution in [2.24, 2.45) is 5.41 Å². The summed E-state index contributed by atoms with van der Waals surface area (Å²) in [6.07, 6.45) is 1.30. The zero-order valence-corrected chi connectivity index (χ0v) is 20.9. The van der Waals surface area contributed by atoms with Crippen LogP contribution in [0.3, 0.4) is 0 Å². The molecule has 37 heavy (non-hydrogen) atoms. The quantitative estimate of drug-likeness (QED) is 0.259. The average molecular weight is 516 g/mol. The van der Waals surface area contributed by atoms with Crippen LogP contribution in [0.15, 0.2) is 84.3 Å². The second kappa shape index (κ2) is 9.53. The number of halogens is 1. The molecule has 0 saturated heterocycles. The van der Waals surface area contributed by atoms with Crippen LogP contribution >= 0.6 is 0 Å². The van der Waals surface area contributed by atoms with E-state index in [2.05, 4.69) is 6.58 Å². The number of hydrogen-bond acceptors (Lipinski definition) is 6. The molecule has 4 rings (SSSR count). The number of anilines is 1. The van der Waals surface area contributed by atoms with Crippen molar-refractivity contribution in [2.45, 2.75) is 30.7 Å². The monoisotopic (exact) mass is 515 g/mol. The Kier molecular flexibility index (Phi) is 6.60. The Hall–Kier alpha value is -4.47. The first-order valence-corrected chi connectivity index (χ1v) is 12.7. The molecule has 9 heteroatoms. The van der Waals surface area contributed by atoms with Gasteiger partial charge in [0.25, 0.3) is 10.0 Å². The number of rotatable bonds is 5. The van der Waals surface area contributed by atoms with Crippen LogP contribution in [0.2, 0.25) is 0 Å². The number of carbonyl (C=O) groups is 1. The molecule has 0 spiro atoms. The van der Waals surface area contributed by atoms with Gasteiger partial charge < -0.3 is 4.74 Å². The van der Waals surface area contributed by atoms with E-state index in [-0.39, 0.29) is 27.5 Å². The third-order valence-electron chi connectivity index (χ3n) is 6.38. The molecule has 0 amide bonds. The van der Waals surface area contributed by atoms with Gasteiger partial charge in [-0.1, -0.05) is 42.0 Å². The van der Waals surface area contributed by atoms with Crippen molar-refractivity contribution in [1.29, 1.82) is 10.5 Å². The second-order valence-corrected chi connectivity index (χ2v) is 10.5. The van der Waals surface area contributed by atoms with Crippen LogP contribution in [-0.2, 0) is 14.8 Å². The predicted molar refractivity (Wildman–Crippen MR) is 134 cm³/mol. The molecule has 0 unspecified atom stereocenters. The Labute approximate surface area is 214 Å². The van der Waals surface area contributed by atoms with E-state index >= 15 is 4.39 Å². The van der Waals surface area contributed by atoms with Crippen LogP contribution in [0, 0.1) is 40.8 Å². The summed E-state index contributed by atoms with van der Waals surface area (Å²) in [6, 6.07) is 18.5. The first-order valence-electron chi connectivity index (χ1n) is 11.2. The van der Waals surface area contributed by atoms with E-state index in [9.17, 15) is 23.7 Å². The molecule has 0 fully saturated rings. The fourth-order valence-electron chi connectivity index (χ4n) is 4.71. The molecule has 1 heterocycles. The molecule has 0 aliphatic carbocycles. The molecule has 186 valence electrons. The molecule has 2 atom stereocenters. The summed E-state index contributed by atoms with van der Waals surface area (Å²) in [4.78, 5) is 11.3. The Morgan fingerprint density at radius 1 is 1.08 bits per heavy atom. The molecule has 0 bridgehead atoms. The van der Waals surface area contributed by atoms with Crippen LogP contribution in [0.1, 0.15) is 35.6 Å². The van der Waals surface area contributed by atoms with Gasteiger partial charge in [-0.15, -0.1) is 6.58 Å². The van der Waals surface area contributed by atoms with Gasteiger partial charge >= 0.3 is 5.97 Å². The smallest absolute Gasteiger partial charge is 0.308 e. The summed E-state index contributed by atoms with van der Waals surface area (Å²) >= 11 is 0. The average Bonchev–Trinajstić information content (AvgIpc) is 2.87. The lowest BCUT2D eigenvalue weighted by Gasteiger charge is -2.47. The van der Waals surface area contributed by atoms with Gasteiger partial charge in [-0.05, 0) is 48.9 Å². The number of allylic oxidation sites excluding steroid dienone is 1. The molecular formula is C28H22FN3O4S. The SMILES string of the molecule is C=C[C@@H]1c2c(F)cccc2N(S(=O)(=O)c2ccc(C)cc2)[C@H](c2ccc(OC(C)=O)cc2)C1(C#N)C#N. The highest BCUT2D eigenvalue weighted by molar-refractivity contribution is 7.92. The lowest BCUT2D eigenvalue weighted by molar-refractivity contribution is -0.131. The number of esters is 1. The van der Waals surface area contributed by atoms with Crippen molar-refractivity contribution in [1.82, 2.24) is 0 Å². The van der Waals surface area contributed by atoms with Gasteiger partial charge in [0.1, 0.15) is 17.6 Å². The maximum Gasteiger partial charge on any atom is 0.308 e. The zero-order valence-electron chi connectivity index (χ0n) is 20.1. The van der Waals surface area contributed by atoms with E-state index in [1.54, 1.807) is 19.1 Å². The molecule has 7 nitrogen and oxygen atoms in total. The van der Waals surface area contributed by atoms with Gasteiger partial charge in [0.15, 0.2) is 5.41 Å². The van der Waals surface area contributed by atoms with Crippen LogP contribution in [0.25, 0.3) is 0 Å². The third kappa shape index (κ3) is 4.14. The number of ether oxygens (including phenoxy) is 1. The van der Waals surface area contributed by atoms with E-state index in [0.29, 0.717) is 0 Å². The van der Waals surface area contributed by atoms with Gasteiger partial charge in [0.2, 0.25) is 0 Å². The molecule has 0 saturated carbocycles. The molecule has 0 radical (unpaired) electrons. The Bertz CT molecular complexity index is 1560. The molecule has 1 aliphatic heterocycles. The van der Waals surface area contributed by atoms with Crippen LogP contribution < -0.4 is 9.04 Å². The highest BCUT2D eigenvalue weighted by Gasteiger charge is 2.58. The number of benzene rings is 3. The number of aryl methyl sites for hydroxylation is 1. The first kappa shape index (κ1) is 25.6. The summed E-state index contributed by atoms with van der Waals surface area (Å²) in [5.74, 6) is -2.26. The first-order chi connectivity index (χ1) is 17.6. The molecule has 3 aromatic rings. The van der Waals surface area contributed by atoms with Crippen molar-refractivity contribution in [3.05, 3.63) is 102 Å². The molecular weight excluding hydrogens is 493 g/mol. The number of carbonyl (C=O) groups excluding carboxylic acids is 1. The molecule has 0 N–H and O–H groups in total. The van der Waals surface area contributed by atoms with Crippen molar-refractivity contribution in [2.75, 3.05) is 4.31 Å². The number of fused-ring (bicyclic) bond motifs is 1. The number of nitrogens with zero attached hydrogens (tertiary/aromatic N) is 3. The Morgan fingerprint density at radius 3 is 2.24 bits per heavy atom. The second-order valence-electron chi connectivity index (χ2n) is 8.66. The summed E-state index contributed by atoms with van der Waals surface area (Å²) in [5, 5.41) is 20.8. The number of hydrogen-bond donors (Lipinski definition) is 0. The molecule has 3 aromatic carbocycles. The van der Waals surface area contributed by atoms with E-state index in [1.807, 2.05) is 12.1 Å². The summed E-state index contributed by atoms with van der Waals surface area (Å²) in [7, 11) is -4.41. The fourth-order valence-corrected chi connectivity index (χ4v) is 6.40. The third-order valence-corrected chi connectivity index (χ3v) is 8.17. The summed E-state index contributed by atoms with van der Waals surface area (Å²) in [5.41, 5.74) is -1.09. The van der Waals surface area contributed by atoms with Crippen molar-refractivity contribution < 1.29 is 22.3 Å². The lowest BCUT2D eigenvalue weighted by atomic mass is 9.64. The minimum atomic E-state index is -4.41. The van der Waals surface area contributed by atoms with Gasteiger partial charge in [-0.2, -0.15) is 10.5 Å². The van der Waals surface area contributed by atoms with Crippen molar-refractivity contribution in [3.63, 3.8) is 0 Å². The van der Waals surface area contributed by atoms with E-state index < -0.39 is 39.2 Å². The normalized spacial score (nSPS) is 18.1. The van der Waals surface area contributed by atoms with Crippen LogP contribution in [-0.4, -0.2) is 14.4 Å². The van der Waals surface area contributed by atoms with Crippen molar-refractivity contribution in [3.8, 4) is 17.9 Å². The predicted octanol–water partition coefficient (Wildman–Crippen LogP) is 5.31. The Balaban J connectivity index is 2.08. The lowest BCUT2D eigenvalue weighted by Crippen LogP contribution is -2.50. The fraction of sp³-hybridized carbons (Fsp3) is 0.179. The zero-order chi connectivity index (χ0) is 27.0. The topological polar surface area (TPSA) is 111 Å². The van der Waals surface area contributed by atoms with Gasteiger partial charge in [0.05, 0.1) is 22.7 Å².